The first-order chi connectivity index (χ1) is 46.0. The minimum Gasteiger partial charge on any atom is -0.309 e. The average molecular weight is 1210 g/mol. The Kier molecular flexibility index (Phi) is 11.6. The molecule has 0 saturated heterocycles. The van der Waals surface area contributed by atoms with Crippen LogP contribution in [0.2, 0.25) is 0 Å². The van der Waals surface area contributed by atoms with Crippen molar-refractivity contribution in [1.29, 1.82) is 0 Å². The molecular weight excluding hydrogens is 1150 g/mol. The van der Waals surface area contributed by atoms with Crippen LogP contribution in [-0.4, -0.2) is 46.1 Å². The van der Waals surface area contributed by atoms with Gasteiger partial charge in [-0.1, -0.05) is 252 Å². The molecule has 19 rings (SSSR count). The Morgan fingerprint density at radius 1 is 0.372 bits per heavy atom. The molecule has 0 N–H and O–H groups in total. The lowest BCUT2D eigenvalue weighted by atomic mass is 9.80. The first-order valence-corrected chi connectivity index (χ1v) is 32.7. The molecule has 4 aliphatic carbocycles. The highest BCUT2D eigenvalue weighted by atomic mass is 15.3. The molecule has 3 aromatic heterocycles. The zero-order valence-corrected chi connectivity index (χ0v) is 52.7. The Labute approximate surface area is 546 Å². The van der Waals surface area contributed by atoms with Gasteiger partial charge in [0.15, 0.2) is 23.3 Å². The summed E-state index contributed by atoms with van der Waals surface area (Å²) in [6, 6.07) is 81.0. The number of anilines is 4. The molecular formula is C85H63N9. The van der Waals surface area contributed by atoms with E-state index in [0.717, 1.165) is 50.4 Å². The van der Waals surface area contributed by atoms with Gasteiger partial charge in [0.05, 0.1) is 28.3 Å². The summed E-state index contributed by atoms with van der Waals surface area (Å²) in [6.07, 6.45) is 18.0. The highest BCUT2D eigenvalue weighted by molar-refractivity contribution is 6.12. The van der Waals surface area contributed by atoms with Crippen LogP contribution in [0.25, 0.3) is 106 Å². The molecule has 10 aromatic carbocycles. The third-order valence-electron chi connectivity index (χ3n) is 21.3. The number of benzene rings is 10. The molecule has 0 fully saturated rings. The molecule has 13 aromatic rings. The van der Waals surface area contributed by atoms with Crippen LogP contribution in [-0.2, 0) is 10.8 Å². The van der Waals surface area contributed by atoms with Gasteiger partial charge < -0.3 is 9.47 Å². The third kappa shape index (κ3) is 7.87. The maximum absolute atomic E-state index is 5.50. The van der Waals surface area contributed by atoms with Crippen molar-refractivity contribution < 1.29 is 0 Å². The Bertz CT molecular complexity index is 5490. The monoisotopic (exact) mass is 1210 g/mol. The molecule has 4 atom stereocenters. The standard InChI is InChI=1S/C85H63N9/c1-83(2)66-32-18-15-29-58(66)64-49-65-61-31-17-20-35-72(61)93(74(65)50-70(64)83)81-88-77(52-23-9-6-10-24-52)87-80(89-81)56-40-42-59-63-47-55(41-44-67(63)84(3,4)69(59)48-56)51-36-38-54(39-37-51)79-86-78(53-25-11-7-12-26-53)90-82(91-79)94-73-45-43-62-60-30-16-19-34-71(60)92(57-27-13-8-14-28-57)76(62)75(73)68-33-21-22-46-85(68,94)5/h6-50,61,68,72H,1-5H3. The smallest absolute Gasteiger partial charge is 0.234 e. The topological polar surface area (TPSA) is 88.8 Å². The number of rotatable bonds is 8. The Hall–Kier alpha value is -11.4. The maximum atomic E-state index is 5.50. The van der Waals surface area contributed by atoms with Crippen molar-refractivity contribution in [3.63, 3.8) is 0 Å². The van der Waals surface area contributed by atoms with Gasteiger partial charge in [0.2, 0.25) is 11.9 Å². The predicted octanol–water partition coefficient (Wildman–Crippen LogP) is 20.0. The lowest BCUT2D eigenvalue weighted by Gasteiger charge is -2.37. The van der Waals surface area contributed by atoms with Gasteiger partial charge in [-0.15, -0.1) is 0 Å². The van der Waals surface area contributed by atoms with Gasteiger partial charge in [0.1, 0.15) is 0 Å². The van der Waals surface area contributed by atoms with Gasteiger partial charge in [-0.05, 0) is 117 Å². The second kappa shape index (κ2) is 20.0. The summed E-state index contributed by atoms with van der Waals surface area (Å²) < 4.78 is 2.44. The van der Waals surface area contributed by atoms with Crippen LogP contribution in [0.15, 0.2) is 273 Å². The number of allylic oxidation sites excluding steroid dienone is 4. The van der Waals surface area contributed by atoms with Crippen molar-refractivity contribution in [3.05, 3.63) is 306 Å². The van der Waals surface area contributed by atoms with Crippen LogP contribution in [0.1, 0.15) is 79.8 Å². The van der Waals surface area contributed by atoms with E-state index in [1.807, 2.05) is 24.3 Å². The molecule has 0 amide bonds. The number of fused-ring (bicyclic) bond motifs is 16. The minimum atomic E-state index is -0.534. The first-order valence-electron chi connectivity index (χ1n) is 32.7. The number of aromatic nitrogens is 7. The number of hydrogen-bond donors (Lipinski definition) is 0. The molecule has 0 bridgehead atoms. The molecule has 6 aliphatic rings. The Morgan fingerprint density at radius 3 is 1.68 bits per heavy atom. The van der Waals surface area contributed by atoms with E-state index < -0.39 is 5.54 Å². The van der Waals surface area contributed by atoms with E-state index in [0.29, 0.717) is 35.2 Å². The first kappa shape index (κ1) is 54.3. The summed E-state index contributed by atoms with van der Waals surface area (Å²) in [5.41, 5.74) is 23.5. The fourth-order valence-corrected chi connectivity index (χ4v) is 16.6. The molecule has 9 nitrogen and oxygen atoms in total. The van der Waals surface area contributed by atoms with Crippen LogP contribution < -0.4 is 9.80 Å². The van der Waals surface area contributed by atoms with Gasteiger partial charge in [-0.3, -0.25) is 4.90 Å². The summed E-state index contributed by atoms with van der Waals surface area (Å²) in [5, 5.41) is 2.44. The average Bonchev–Trinajstić information content (AvgIpc) is 1.55. The van der Waals surface area contributed by atoms with Crippen LogP contribution in [0.3, 0.4) is 0 Å². The lowest BCUT2D eigenvalue weighted by Crippen LogP contribution is -2.43. The maximum Gasteiger partial charge on any atom is 0.234 e. The zero-order valence-electron chi connectivity index (χ0n) is 52.7. The van der Waals surface area contributed by atoms with E-state index in [-0.39, 0.29) is 28.7 Å². The highest BCUT2D eigenvalue weighted by Gasteiger charge is 2.50. The molecule has 9 heteroatoms. The summed E-state index contributed by atoms with van der Waals surface area (Å²) in [6.45, 7) is 11.7. The summed E-state index contributed by atoms with van der Waals surface area (Å²) >= 11 is 0. The van der Waals surface area contributed by atoms with Gasteiger partial charge in [-0.2, -0.15) is 19.9 Å². The van der Waals surface area contributed by atoms with Gasteiger partial charge in [0.25, 0.3) is 0 Å². The van der Waals surface area contributed by atoms with Gasteiger partial charge >= 0.3 is 0 Å². The second-order valence-corrected chi connectivity index (χ2v) is 27.2. The van der Waals surface area contributed by atoms with E-state index >= 15 is 0 Å². The van der Waals surface area contributed by atoms with Crippen LogP contribution in [0.4, 0.5) is 23.3 Å². The fourth-order valence-electron chi connectivity index (χ4n) is 16.6. The number of hydrogen-bond acceptors (Lipinski definition) is 8. The predicted molar refractivity (Wildman–Crippen MR) is 381 cm³/mol. The molecule has 0 radical (unpaired) electrons. The molecule has 4 unspecified atom stereocenters. The second-order valence-electron chi connectivity index (χ2n) is 27.2. The van der Waals surface area contributed by atoms with E-state index in [1.165, 1.54) is 77.4 Å². The molecule has 448 valence electrons. The van der Waals surface area contributed by atoms with Crippen molar-refractivity contribution in [2.24, 2.45) is 0 Å². The summed E-state index contributed by atoms with van der Waals surface area (Å²) in [5.74, 6) is 3.89. The molecule has 94 heavy (non-hydrogen) atoms. The Balaban J connectivity index is 0.685. The highest BCUT2D eigenvalue weighted by Crippen LogP contribution is 2.59. The van der Waals surface area contributed by atoms with E-state index in [9.17, 15) is 0 Å². The molecule has 0 saturated carbocycles. The van der Waals surface area contributed by atoms with Crippen molar-refractivity contribution in [2.75, 3.05) is 9.80 Å². The molecule has 2 aliphatic heterocycles. The molecule has 5 heterocycles. The Morgan fingerprint density at radius 2 is 0.936 bits per heavy atom. The summed E-state index contributed by atoms with van der Waals surface area (Å²) in [7, 11) is 0. The van der Waals surface area contributed by atoms with Crippen molar-refractivity contribution in [2.45, 2.75) is 68.9 Å². The quantitative estimate of drug-likeness (QED) is 0.149. The van der Waals surface area contributed by atoms with Gasteiger partial charge in [-0.25, -0.2) is 9.97 Å². The molecule has 0 spiro atoms. The number of nitrogens with zero attached hydrogens (tertiary/aromatic N) is 9. The van der Waals surface area contributed by atoms with Crippen LogP contribution in [0.5, 0.6) is 0 Å². The van der Waals surface area contributed by atoms with Gasteiger partial charge in [0, 0.05) is 72.6 Å². The SMILES string of the molecule is CC1(C)c2ccc(-c3ccc(-c4nc(-c5ccccc5)nc(N5c6ccc7c8ccccc8n(-c8ccccc8)c7c6C6C=CC=CC65C)n4)cc3)cc2-c2ccc(-c3nc(-c4ccccc4)nc(N4c5cc6c(cc5C5C=CC=CC54)-c4ccccc4C6(C)C)n3)cc21. The van der Waals surface area contributed by atoms with E-state index in [1.54, 1.807) is 0 Å². The summed E-state index contributed by atoms with van der Waals surface area (Å²) in [4.78, 5) is 37.1. The zero-order chi connectivity index (χ0) is 62.8. The number of para-hydroxylation sites is 2. The van der Waals surface area contributed by atoms with E-state index in [2.05, 4.69) is 298 Å². The van der Waals surface area contributed by atoms with Crippen molar-refractivity contribution >= 4 is 45.1 Å². The largest absolute Gasteiger partial charge is 0.309 e. The normalized spacial score (nSPS) is 19.2. The van der Waals surface area contributed by atoms with E-state index in [4.69, 9.17) is 29.9 Å². The minimum absolute atomic E-state index is 0.000261. The third-order valence-corrected chi connectivity index (χ3v) is 21.3. The van der Waals surface area contributed by atoms with Crippen molar-refractivity contribution in [3.8, 4) is 84.6 Å². The van der Waals surface area contributed by atoms with Crippen LogP contribution in [0, 0.1) is 0 Å². The lowest BCUT2D eigenvalue weighted by molar-refractivity contribution is 0.535. The van der Waals surface area contributed by atoms with Crippen LogP contribution >= 0.6 is 0 Å². The fraction of sp³-hybridized carbons (Fsp3) is 0.129. The van der Waals surface area contributed by atoms with Crippen molar-refractivity contribution in [1.82, 2.24) is 34.5 Å².